The molecule has 0 amide bonds. The van der Waals surface area contributed by atoms with E-state index in [-0.39, 0.29) is 24.2 Å². The maximum Gasteiger partial charge on any atom is 0.0629 e. The van der Waals surface area contributed by atoms with E-state index < -0.39 is 0 Å². The van der Waals surface area contributed by atoms with Crippen LogP contribution >= 0.6 is 11.3 Å². The molecule has 41 heavy (non-hydrogen) atoms. The van der Waals surface area contributed by atoms with Crippen LogP contribution in [0.3, 0.4) is 0 Å². The third-order valence-corrected chi connectivity index (χ3v) is 9.39. The van der Waals surface area contributed by atoms with Crippen LogP contribution in [-0.4, -0.2) is 0 Å². The molecule has 0 aliphatic rings. The first kappa shape index (κ1) is 19.2. The van der Waals surface area contributed by atoms with Crippen molar-refractivity contribution in [1.29, 1.82) is 0 Å². The fourth-order valence-electron chi connectivity index (χ4n) is 6.30. The Balaban J connectivity index is 1.30. The van der Waals surface area contributed by atoms with Crippen LogP contribution in [0.25, 0.3) is 85.5 Å². The third kappa shape index (κ3) is 3.53. The van der Waals surface area contributed by atoms with E-state index in [4.69, 9.17) is 0 Å². The van der Waals surface area contributed by atoms with Gasteiger partial charge in [-0.1, -0.05) is 115 Å². The Morgan fingerprint density at radius 3 is 1.76 bits per heavy atom. The molecule has 0 N–H and O–H groups in total. The molecule has 1 heteroatoms. The number of fused-ring (bicyclic) bond motifs is 8. The Morgan fingerprint density at radius 2 is 1.00 bits per heavy atom. The van der Waals surface area contributed by atoms with E-state index in [1.165, 1.54) is 10.8 Å². The van der Waals surface area contributed by atoms with Crippen molar-refractivity contribution < 1.29 is 5.48 Å². The zero-order chi connectivity index (χ0) is 30.4. The molecular formula is C40H24S. The Bertz CT molecular complexity index is 2680. The van der Waals surface area contributed by atoms with Gasteiger partial charge < -0.3 is 0 Å². The Labute approximate surface area is 247 Å². The van der Waals surface area contributed by atoms with Crippen LogP contribution in [-0.2, 0) is 0 Å². The van der Waals surface area contributed by atoms with Gasteiger partial charge >= 0.3 is 0 Å². The van der Waals surface area contributed by atoms with Gasteiger partial charge in [-0.3, -0.25) is 0 Å². The lowest BCUT2D eigenvalue weighted by molar-refractivity contribution is 1.64. The van der Waals surface area contributed by atoms with Gasteiger partial charge in [0.25, 0.3) is 0 Å². The first-order valence-electron chi connectivity index (χ1n) is 15.8. The lowest BCUT2D eigenvalue weighted by Gasteiger charge is -2.12. The molecule has 0 aliphatic heterocycles. The number of hydrogen-bond donors (Lipinski definition) is 0. The van der Waals surface area contributed by atoms with Crippen molar-refractivity contribution in [3.63, 3.8) is 0 Å². The summed E-state index contributed by atoms with van der Waals surface area (Å²) in [7, 11) is 0. The highest BCUT2D eigenvalue weighted by atomic mass is 32.1. The maximum atomic E-state index is 9.27. The van der Waals surface area contributed by atoms with Crippen molar-refractivity contribution >= 4 is 74.6 Å². The highest BCUT2D eigenvalue weighted by Crippen LogP contribution is 2.42. The van der Waals surface area contributed by atoms with Gasteiger partial charge in [0.2, 0.25) is 0 Å². The Morgan fingerprint density at radius 1 is 0.390 bits per heavy atom. The molecule has 0 aliphatic carbocycles. The average Bonchev–Trinajstić information content (AvgIpc) is 3.43. The first-order chi connectivity index (χ1) is 22.0. The fourth-order valence-corrected chi connectivity index (χ4v) is 7.46. The summed E-state index contributed by atoms with van der Waals surface area (Å²) in [5.74, 6) is 0. The molecule has 0 atom stereocenters. The van der Waals surface area contributed by atoms with Crippen LogP contribution < -0.4 is 0 Å². The van der Waals surface area contributed by atoms with Gasteiger partial charge in [0, 0.05) is 20.2 Å². The van der Waals surface area contributed by atoms with Gasteiger partial charge in [-0.2, -0.15) is 0 Å². The van der Waals surface area contributed by atoms with E-state index in [0.717, 1.165) is 58.1 Å². The molecule has 9 aromatic rings. The molecule has 0 saturated carbocycles. The predicted octanol–water partition coefficient (Wildman–Crippen LogP) is 12.0. The zero-order valence-electron chi connectivity index (χ0n) is 26.0. The molecule has 0 nitrogen and oxygen atoms in total. The average molecular weight is 541 g/mol. The van der Waals surface area contributed by atoms with Gasteiger partial charge in [-0.05, 0) is 95.7 Å². The lowest BCUT2D eigenvalue weighted by atomic mass is 9.92. The zero-order valence-corrected chi connectivity index (χ0v) is 22.8. The first-order valence-corrected chi connectivity index (χ1v) is 14.6. The molecule has 0 unspecified atom stereocenters. The van der Waals surface area contributed by atoms with E-state index >= 15 is 0 Å². The maximum absolute atomic E-state index is 9.27. The Kier molecular flexibility index (Phi) is 4.09. The summed E-state index contributed by atoms with van der Waals surface area (Å²) in [5, 5.41) is 10.8. The molecule has 0 fully saturated rings. The minimum absolute atomic E-state index is 0.0255. The van der Waals surface area contributed by atoms with Crippen LogP contribution in [0.2, 0.25) is 0 Å². The van der Waals surface area contributed by atoms with E-state index in [9.17, 15) is 5.48 Å². The molecule has 0 bridgehead atoms. The summed E-state index contributed by atoms with van der Waals surface area (Å²) in [6.45, 7) is 0. The van der Waals surface area contributed by atoms with Crippen LogP contribution in [0.5, 0.6) is 0 Å². The molecule has 1 heterocycles. The summed E-state index contributed by atoms with van der Waals surface area (Å²) in [5.41, 5.74) is 2.10. The van der Waals surface area contributed by atoms with Gasteiger partial charge in [0.05, 0.1) is 5.48 Å². The van der Waals surface area contributed by atoms with E-state index in [1.54, 1.807) is 11.3 Å². The summed E-state index contributed by atoms with van der Waals surface area (Å²) in [4.78, 5) is 0. The molecule has 0 spiro atoms. The van der Waals surface area contributed by atoms with Gasteiger partial charge in [0.1, 0.15) is 0 Å². The van der Waals surface area contributed by atoms with E-state index in [0.29, 0.717) is 16.7 Å². The van der Waals surface area contributed by atoms with Crippen molar-refractivity contribution in [2.24, 2.45) is 0 Å². The highest BCUT2D eigenvalue weighted by Gasteiger charge is 2.13. The third-order valence-electron chi connectivity index (χ3n) is 8.27. The minimum atomic E-state index is -0.0286. The van der Waals surface area contributed by atoms with Gasteiger partial charge in [-0.25, -0.2) is 0 Å². The molecule has 8 aromatic carbocycles. The lowest BCUT2D eigenvalue weighted by Crippen LogP contribution is -1.85. The van der Waals surface area contributed by atoms with Crippen LogP contribution in [0, 0.1) is 0 Å². The molecular weight excluding hydrogens is 513 g/mol. The summed E-state index contributed by atoms with van der Waals surface area (Å²) >= 11 is 1.69. The molecule has 9 rings (SSSR count). The van der Waals surface area contributed by atoms with Crippen LogP contribution in [0.15, 0.2) is 145 Å². The predicted molar refractivity (Wildman–Crippen MR) is 180 cm³/mol. The molecule has 190 valence electrons. The van der Waals surface area contributed by atoms with Crippen LogP contribution in [0.4, 0.5) is 0 Å². The summed E-state index contributed by atoms with van der Waals surface area (Å²) in [6.07, 6.45) is 0. The second-order valence-electron chi connectivity index (χ2n) is 10.6. The smallest absolute Gasteiger partial charge is 0.0629 e. The van der Waals surface area contributed by atoms with Crippen molar-refractivity contribution in [2.45, 2.75) is 0 Å². The number of benzene rings is 8. The molecule has 0 saturated heterocycles. The molecule has 1 aromatic heterocycles. The summed E-state index contributed by atoms with van der Waals surface area (Å²) < 4.78 is 39.3. The van der Waals surface area contributed by atoms with Gasteiger partial charge in [-0.15, -0.1) is 11.3 Å². The minimum Gasteiger partial charge on any atom is -0.135 e. The van der Waals surface area contributed by atoms with Crippen molar-refractivity contribution in [3.05, 3.63) is 145 Å². The second kappa shape index (κ2) is 8.76. The van der Waals surface area contributed by atoms with E-state index in [1.807, 2.05) is 54.6 Å². The van der Waals surface area contributed by atoms with Gasteiger partial charge in [0.15, 0.2) is 0 Å². The topological polar surface area (TPSA) is 0 Å². The normalized spacial score (nSPS) is 13.3. The standard InChI is InChI=1S/C40H24S/c1-2-8-28-22-36-31(21-27(28)7-1)19-20-35-32(11-5-13-34(35)36)25-15-17-26(18-16-25)33-12-6-14-38-40(33)37-23-29-9-3-4-10-30(29)24-39(37)41-38/h1-24H/i15D,16D,17D,18D. The number of hydrogen-bond acceptors (Lipinski definition) is 1. The largest absolute Gasteiger partial charge is 0.135 e. The van der Waals surface area contributed by atoms with E-state index in [2.05, 4.69) is 66.7 Å². The van der Waals surface area contributed by atoms with Crippen molar-refractivity contribution in [2.75, 3.05) is 0 Å². The Hall–Kier alpha value is -4.98. The molecule has 0 radical (unpaired) electrons. The SMILES string of the molecule is [2H]c1c([2H])c(-c2cccc3sc4cc5ccccc5cc4c23)c([2H])c([2H])c1-c1cccc2c1ccc1cc3ccccc3cc12. The number of thiophene rings is 1. The van der Waals surface area contributed by atoms with Crippen LogP contribution in [0.1, 0.15) is 5.48 Å². The van der Waals surface area contributed by atoms with Crippen molar-refractivity contribution in [1.82, 2.24) is 0 Å². The number of rotatable bonds is 2. The van der Waals surface area contributed by atoms with Crippen molar-refractivity contribution in [3.8, 4) is 22.3 Å². The quantitative estimate of drug-likeness (QED) is 0.151. The fraction of sp³-hybridized carbons (Fsp3) is 0. The second-order valence-corrected chi connectivity index (χ2v) is 11.7. The summed E-state index contributed by atoms with van der Waals surface area (Å²) in [6, 6.07) is 41.3. The highest BCUT2D eigenvalue weighted by molar-refractivity contribution is 7.26. The monoisotopic (exact) mass is 540 g/mol.